The summed E-state index contributed by atoms with van der Waals surface area (Å²) in [6.45, 7) is 0.118. The van der Waals surface area contributed by atoms with Crippen molar-refractivity contribution in [3.63, 3.8) is 0 Å². The molecule has 0 spiro atoms. The van der Waals surface area contributed by atoms with Gasteiger partial charge in [0.05, 0.1) is 0 Å². The average Bonchev–Trinajstić information content (AvgIpc) is 2.63. The van der Waals surface area contributed by atoms with Gasteiger partial charge in [0.1, 0.15) is 17.5 Å². The molecule has 5 heteroatoms. The number of benzene rings is 1. The monoisotopic (exact) mass is 225 g/mol. The van der Waals surface area contributed by atoms with Crippen molar-refractivity contribution in [2.45, 2.75) is 18.1 Å². The quantitative estimate of drug-likeness (QED) is 0.684. The molecule has 1 heterocycles. The van der Waals surface area contributed by atoms with E-state index in [0.717, 1.165) is 0 Å². The summed E-state index contributed by atoms with van der Waals surface area (Å²) in [4.78, 5) is 10.7. The number of aliphatic carboxylic acids is 1. The average molecular weight is 225 g/mol. The Labute approximate surface area is 91.7 Å². The highest BCUT2D eigenvalue weighted by molar-refractivity contribution is 5.74. The van der Waals surface area contributed by atoms with E-state index in [9.17, 15) is 14.3 Å². The first-order valence-corrected chi connectivity index (χ1v) is 4.96. The van der Waals surface area contributed by atoms with E-state index in [2.05, 4.69) is 5.32 Å². The van der Waals surface area contributed by atoms with E-state index in [1.54, 1.807) is 6.07 Å². The van der Waals surface area contributed by atoms with Crippen LogP contribution in [-0.4, -0.2) is 28.8 Å². The Bertz CT molecular complexity index is 423. The molecule has 1 fully saturated rings. The van der Waals surface area contributed by atoms with E-state index < -0.39 is 23.4 Å². The Hall–Kier alpha value is -1.46. The molecule has 1 saturated heterocycles. The SMILES string of the molecule is O=C(O)[C@@H]1CC(O)(c2cccc(F)c2)CN1. The standard InChI is InChI=1S/C11H12FNO3/c12-8-3-1-2-7(4-8)11(16)5-9(10(14)15)13-6-11/h1-4,9,13,16H,5-6H2,(H,14,15)/t9-,11?/m0/s1. The first-order chi connectivity index (χ1) is 7.51. The van der Waals surface area contributed by atoms with E-state index in [1.807, 2.05) is 0 Å². The highest BCUT2D eigenvalue weighted by atomic mass is 19.1. The van der Waals surface area contributed by atoms with Gasteiger partial charge >= 0.3 is 5.97 Å². The summed E-state index contributed by atoms with van der Waals surface area (Å²) in [5, 5.41) is 21.7. The van der Waals surface area contributed by atoms with Gasteiger partial charge in [0.2, 0.25) is 0 Å². The van der Waals surface area contributed by atoms with Crippen molar-refractivity contribution in [1.29, 1.82) is 0 Å². The molecule has 0 amide bonds. The minimum atomic E-state index is -1.30. The summed E-state index contributed by atoms with van der Waals surface area (Å²) in [5.41, 5.74) is -0.894. The van der Waals surface area contributed by atoms with Gasteiger partial charge in [-0.3, -0.25) is 4.79 Å². The zero-order valence-corrected chi connectivity index (χ0v) is 8.48. The number of halogens is 1. The molecule has 0 radical (unpaired) electrons. The maximum absolute atomic E-state index is 13.0. The minimum absolute atomic E-state index is 0.0474. The van der Waals surface area contributed by atoms with Gasteiger partial charge in [-0.1, -0.05) is 12.1 Å². The molecule has 0 aliphatic carbocycles. The third-order valence-corrected chi connectivity index (χ3v) is 2.84. The molecule has 4 nitrogen and oxygen atoms in total. The van der Waals surface area contributed by atoms with Crippen LogP contribution in [-0.2, 0) is 10.4 Å². The fraction of sp³-hybridized carbons (Fsp3) is 0.364. The van der Waals surface area contributed by atoms with Gasteiger partial charge in [-0.05, 0) is 17.7 Å². The second-order valence-corrected chi connectivity index (χ2v) is 4.02. The van der Waals surface area contributed by atoms with E-state index in [4.69, 9.17) is 5.11 Å². The molecule has 1 unspecified atom stereocenters. The molecular formula is C11H12FNO3. The molecule has 16 heavy (non-hydrogen) atoms. The number of aliphatic hydroxyl groups is 1. The summed E-state index contributed by atoms with van der Waals surface area (Å²) in [5.74, 6) is -1.45. The lowest BCUT2D eigenvalue weighted by Gasteiger charge is -2.21. The Morgan fingerprint density at radius 3 is 2.88 bits per heavy atom. The zero-order chi connectivity index (χ0) is 11.8. The predicted octanol–water partition coefficient (Wildman–Crippen LogP) is 0.460. The molecule has 1 aliphatic heterocycles. The molecular weight excluding hydrogens is 213 g/mol. The number of hydrogen-bond donors (Lipinski definition) is 3. The van der Waals surface area contributed by atoms with Crippen molar-refractivity contribution in [3.05, 3.63) is 35.6 Å². The van der Waals surface area contributed by atoms with E-state index in [-0.39, 0.29) is 13.0 Å². The summed E-state index contributed by atoms with van der Waals surface area (Å²) >= 11 is 0. The van der Waals surface area contributed by atoms with E-state index in [1.165, 1.54) is 18.2 Å². The van der Waals surface area contributed by atoms with Crippen LogP contribution < -0.4 is 5.32 Å². The topological polar surface area (TPSA) is 69.6 Å². The summed E-state index contributed by atoms with van der Waals surface area (Å²) in [7, 11) is 0. The normalized spacial score (nSPS) is 29.2. The molecule has 1 aliphatic rings. The summed E-state index contributed by atoms with van der Waals surface area (Å²) in [6.07, 6.45) is 0.0474. The smallest absolute Gasteiger partial charge is 0.320 e. The molecule has 0 bridgehead atoms. The number of nitrogens with one attached hydrogen (secondary N) is 1. The van der Waals surface area contributed by atoms with Crippen LogP contribution in [0.15, 0.2) is 24.3 Å². The fourth-order valence-electron chi connectivity index (χ4n) is 1.95. The molecule has 1 aromatic rings. The second-order valence-electron chi connectivity index (χ2n) is 4.02. The molecule has 86 valence electrons. The van der Waals surface area contributed by atoms with Crippen LogP contribution in [0.25, 0.3) is 0 Å². The lowest BCUT2D eigenvalue weighted by molar-refractivity contribution is -0.139. The maximum Gasteiger partial charge on any atom is 0.320 e. The molecule has 3 N–H and O–H groups in total. The van der Waals surface area contributed by atoms with Crippen LogP contribution in [0.4, 0.5) is 4.39 Å². The Morgan fingerprint density at radius 1 is 1.56 bits per heavy atom. The van der Waals surface area contributed by atoms with Crippen molar-refractivity contribution >= 4 is 5.97 Å². The molecule has 0 saturated carbocycles. The van der Waals surface area contributed by atoms with Crippen molar-refractivity contribution in [3.8, 4) is 0 Å². The van der Waals surface area contributed by atoms with Crippen LogP contribution in [0, 0.1) is 5.82 Å². The number of carboxylic acids is 1. The van der Waals surface area contributed by atoms with Gasteiger partial charge in [0, 0.05) is 13.0 Å². The van der Waals surface area contributed by atoms with E-state index >= 15 is 0 Å². The number of hydrogen-bond acceptors (Lipinski definition) is 3. The summed E-state index contributed by atoms with van der Waals surface area (Å²) in [6, 6.07) is 4.81. The highest BCUT2D eigenvalue weighted by Crippen LogP contribution is 2.30. The second kappa shape index (κ2) is 3.84. The Morgan fingerprint density at radius 2 is 2.31 bits per heavy atom. The van der Waals surface area contributed by atoms with Gasteiger partial charge in [-0.25, -0.2) is 4.39 Å². The van der Waals surface area contributed by atoms with Crippen molar-refractivity contribution in [1.82, 2.24) is 5.32 Å². The van der Waals surface area contributed by atoms with E-state index in [0.29, 0.717) is 5.56 Å². The van der Waals surface area contributed by atoms with Crippen molar-refractivity contribution in [2.24, 2.45) is 0 Å². The van der Waals surface area contributed by atoms with Gasteiger partial charge in [-0.2, -0.15) is 0 Å². The summed E-state index contributed by atoms with van der Waals surface area (Å²) < 4.78 is 13.0. The van der Waals surface area contributed by atoms with Crippen LogP contribution in [0.5, 0.6) is 0 Å². The largest absolute Gasteiger partial charge is 0.480 e. The van der Waals surface area contributed by atoms with Gasteiger partial charge in [-0.15, -0.1) is 0 Å². The molecule has 2 rings (SSSR count). The zero-order valence-electron chi connectivity index (χ0n) is 8.48. The first kappa shape index (κ1) is 11.0. The van der Waals surface area contributed by atoms with Crippen LogP contribution in [0.1, 0.15) is 12.0 Å². The highest BCUT2D eigenvalue weighted by Gasteiger charge is 2.41. The number of carboxylic acid groups (broad SMARTS) is 1. The van der Waals surface area contributed by atoms with Crippen LogP contribution in [0.2, 0.25) is 0 Å². The van der Waals surface area contributed by atoms with Crippen molar-refractivity contribution < 1.29 is 19.4 Å². The molecule has 2 atom stereocenters. The Balaban J connectivity index is 2.24. The predicted molar refractivity (Wildman–Crippen MR) is 54.3 cm³/mol. The molecule has 1 aromatic carbocycles. The number of β-amino-alcohol motifs (C(OH)–C–C–N with tert-alkyl or cyclic N) is 1. The lowest BCUT2D eigenvalue weighted by atomic mass is 9.91. The van der Waals surface area contributed by atoms with Crippen molar-refractivity contribution in [2.75, 3.05) is 6.54 Å². The molecule has 0 aromatic heterocycles. The van der Waals surface area contributed by atoms with Crippen LogP contribution >= 0.6 is 0 Å². The first-order valence-electron chi connectivity index (χ1n) is 4.96. The third-order valence-electron chi connectivity index (χ3n) is 2.84. The Kier molecular flexibility index (Phi) is 2.65. The minimum Gasteiger partial charge on any atom is -0.480 e. The van der Waals surface area contributed by atoms with Gasteiger partial charge in [0.25, 0.3) is 0 Å². The third kappa shape index (κ3) is 1.91. The number of carbonyl (C=O) groups is 1. The maximum atomic E-state index is 13.0. The lowest BCUT2D eigenvalue weighted by Crippen LogP contribution is -2.30. The fourth-order valence-corrected chi connectivity index (χ4v) is 1.95. The van der Waals surface area contributed by atoms with Gasteiger partial charge < -0.3 is 15.5 Å². The number of rotatable bonds is 2. The van der Waals surface area contributed by atoms with Gasteiger partial charge in [0.15, 0.2) is 0 Å². The van der Waals surface area contributed by atoms with Crippen LogP contribution in [0.3, 0.4) is 0 Å².